The molecule has 0 N–H and O–H groups in total. The first-order valence-electron chi connectivity index (χ1n) is 8.40. The number of amides is 1. The first kappa shape index (κ1) is 15.6. The fraction of sp³-hybridized carbons (Fsp3) is 0.200. The van der Waals surface area contributed by atoms with E-state index in [-0.39, 0.29) is 5.91 Å². The van der Waals surface area contributed by atoms with Crippen molar-refractivity contribution in [2.75, 3.05) is 26.3 Å². The van der Waals surface area contributed by atoms with Crippen molar-refractivity contribution in [3.63, 3.8) is 0 Å². The Morgan fingerprint density at radius 3 is 2.60 bits per heavy atom. The van der Waals surface area contributed by atoms with E-state index in [1.807, 2.05) is 70.2 Å². The second-order valence-corrected chi connectivity index (χ2v) is 5.93. The van der Waals surface area contributed by atoms with Gasteiger partial charge in [0.05, 0.1) is 18.7 Å². The third-order valence-corrected chi connectivity index (χ3v) is 4.34. The molecule has 1 fully saturated rings. The van der Waals surface area contributed by atoms with E-state index in [2.05, 4.69) is 0 Å². The summed E-state index contributed by atoms with van der Waals surface area (Å²) < 4.78 is 7.15. The van der Waals surface area contributed by atoms with E-state index in [0.717, 1.165) is 22.3 Å². The van der Waals surface area contributed by atoms with Gasteiger partial charge in [0.15, 0.2) is 0 Å². The minimum Gasteiger partial charge on any atom is -0.378 e. The smallest absolute Gasteiger partial charge is 0.246 e. The van der Waals surface area contributed by atoms with Crippen LogP contribution in [0.3, 0.4) is 0 Å². The van der Waals surface area contributed by atoms with Gasteiger partial charge in [0.1, 0.15) is 5.69 Å². The maximum Gasteiger partial charge on any atom is 0.246 e. The van der Waals surface area contributed by atoms with Crippen LogP contribution in [0.5, 0.6) is 0 Å². The van der Waals surface area contributed by atoms with Crippen LogP contribution >= 0.6 is 0 Å². The van der Waals surface area contributed by atoms with Crippen LogP contribution < -0.4 is 0 Å². The van der Waals surface area contributed by atoms with Crippen molar-refractivity contribution in [1.29, 1.82) is 0 Å². The Morgan fingerprint density at radius 2 is 1.80 bits per heavy atom. The number of hydrogen-bond acceptors (Lipinski definition) is 3. The van der Waals surface area contributed by atoms with E-state index < -0.39 is 0 Å². The molecule has 25 heavy (non-hydrogen) atoms. The molecule has 1 aromatic carbocycles. The Hall–Kier alpha value is -2.92. The van der Waals surface area contributed by atoms with Crippen LogP contribution in [0.25, 0.3) is 22.9 Å². The SMILES string of the molecule is O=C(/C=C/c1c(-c2ccccc2)nn2ccccc12)N1CCOCC1. The Morgan fingerprint density at radius 1 is 1.04 bits per heavy atom. The van der Waals surface area contributed by atoms with E-state index >= 15 is 0 Å². The normalized spacial score (nSPS) is 15.1. The molecule has 2 aromatic heterocycles. The number of pyridine rings is 1. The summed E-state index contributed by atoms with van der Waals surface area (Å²) in [5.74, 6) is 0.0117. The molecule has 0 atom stereocenters. The average Bonchev–Trinajstić information content (AvgIpc) is 3.06. The summed E-state index contributed by atoms with van der Waals surface area (Å²) in [6, 6.07) is 16.0. The second-order valence-electron chi connectivity index (χ2n) is 5.93. The largest absolute Gasteiger partial charge is 0.378 e. The van der Waals surface area contributed by atoms with Crippen LogP contribution in [0.1, 0.15) is 5.56 Å². The van der Waals surface area contributed by atoms with Crippen molar-refractivity contribution in [3.05, 3.63) is 66.4 Å². The topological polar surface area (TPSA) is 46.8 Å². The van der Waals surface area contributed by atoms with Gasteiger partial charge in [-0.15, -0.1) is 0 Å². The third-order valence-electron chi connectivity index (χ3n) is 4.34. The predicted octanol–water partition coefficient (Wildman–Crippen LogP) is 2.87. The van der Waals surface area contributed by atoms with Crippen molar-refractivity contribution in [2.24, 2.45) is 0 Å². The monoisotopic (exact) mass is 333 g/mol. The molecular formula is C20H19N3O2. The molecule has 0 radical (unpaired) electrons. The van der Waals surface area contributed by atoms with Crippen LogP contribution in [0.2, 0.25) is 0 Å². The summed E-state index contributed by atoms with van der Waals surface area (Å²) in [5.41, 5.74) is 3.84. The lowest BCUT2D eigenvalue weighted by Crippen LogP contribution is -2.39. The highest BCUT2D eigenvalue weighted by molar-refractivity contribution is 5.95. The number of nitrogens with zero attached hydrogens (tertiary/aromatic N) is 3. The molecule has 1 amide bonds. The summed E-state index contributed by atoms with van der Waals surface area (Å²) in [6.07, 6.45) is 5.44. The van der Waals surface area contributed by atoms with Gasteiger partial charge in [-0.1, -0.05) is 36.4 Å². The van der Waals surface area contributed by atoms with Crippen LogP contribution in [0, 0.1) is 0 Å². The molecule has 1 aliphatic rings. The van der Waals surface area contributed by atoms with Crippen LogP contribution in [-0.2, 0) is 9.53 Å². The summed E-state index contributed by atoms with van der Waals surface area (Å²) in [7, 11) is 0. The predicted molar refractivity (Wildman–Crippen MR) is 97.1 cm³/mol. The number of carbonyl (C=O) groups excluding carboxylic acids is 1. The van der Waals surface area contributed by atoms with Gasteiger partial charge in [-0.05, 0) is 18.2 Å². The number of fused-ring (bicyclic) bond motifs is 1. The maximum absolute atomic E-state index is 12.4. The molecule has 5 nitrogen and oxygen atoms in total. The number of benzene rings is 1. The van der Waals surface area contributed by atoms with Gasteiger partial charge in [0.25, 0.3) is 0 Å². The van der Waals surface area contributed by atoms with Crippen molar-refractivity contribution in [3.8, 4) is 11.3 Å². The minimum absolute atomic E-state index is 0.0117. The molecule has 126 valence electrons. The van der Waals surface area contributed by atoms with Crippen LogP contribution in [0.15, 0.2) is 60.8 Å². The van der Waals surface area contributed by atoms with Crippen molar-refractivity contribution >= 4 is 17.5 Å². The highest BCUT2D eigenvalue weighted by Gasteiger charge is 2.16. The zero-order valence-electron chi connectivity index (χ0n) is 13.8. The number of aromatic nitrogens is 2. The van der Waals surface area contributed by atoms with E-state index in [4.69, 9.17) is 9.84 Å². The quantitative estimate of drug-likeness (QED) is 0.693. The molecule has 1 aliphatic heterocycles. The average molecular weight is 333 g/mol. The van der Waals surface area contributed by atoms with Gasteiger partial charge in [0, 0.05) is 36.5 Å². The molecule has 0 saturated carbocycles. The Bertz CT molecular complexity index is 909. The molecule has 3 aromatic rings. The number of hydrogen-bond donors (Lipinski definition) is 0. The zero-order chi connectivity index (χ0) is 17.1. The first-order chi connectivity index (χ1) is 12.3. The van der Waals surface area contributed by atoms with Gasteiger partial charge in [-0.3, -0.25) is 4.79 Å². The zero-order valence-corrected chi connectivity index (χ0v) is 13.8. The van der Waals surface area contributed by atoms with Crippen molar-refractivity contribution in [2.45, 2.75) is 0 Å². The minimum atomic E-state index is 0.0117. The lowest BCUT2D eigenvalue weighted by molar-refractivity contribution is -0.129. The summed E-state index contributed by atoms with van der Waals surface area (Å²) >= 11 is 0. The highest BCUT2D eigenvalue weighted by Crippen LogP contribution is 2.27. The van der Waals surface area contributed by atoms with E-state index in [1.54, 1.807) is 6.08 Å². The fourth-order valence-electron chi connectivity index (χ4n) is 3.04. The molecule has 0 aliphatic carbocycles. The van der Waals surface area contributed by atoms with Gasteiger partial charge < -0.3 is 9.64 Å². The Labute approximate surface area is 146 Å². The highest BCUT2D eigenvalue weighted by atomic mass is 16.5. The third kappa shape index (κ3) is 3.19. The first-order valence-corrected chi connectivity index (χ1v) is 8.40. The van der Waals surface area contributed by atoms with Crippen LogP contribution in [-0.4, -0.2) is 46.7 Å². The summed E-state index contributed by atoms with van der Waals surface area (Å²) in [4.78, 5) is 14.2. The number of rotatable bonds is 3. The number of ether oxygens (including phenoxy) is 1. The lowest BCUT2D eigenvalue weighted by Gasteiger charge is -2.25. The Balaban J connectivity index is 1.72. The van der Waals surface area contributed by atoms with Crippen molar-refractivity contribution in [1.82, 2.24) is 14.5 Å². The Kier molecular flexibility index (Phi) is 4.31. The summed E-state index contributed by atoms with van der Waals surface area (Å²) in [5, 5.41) is 4.69. The standard InChI is InChI=1S/C20H19N3O2/c24-19(22-12-14-25-15-13-22)10-9-17-18-8-4-5-11-23(18)21-20(17)16-6-2-1-3-7-16/h1-11H,12-15H2/b10-9+. The molecule has 4 rings (SSSR count). The second kappa shape index (κ2) is 6.91. The molecular weight excluding hydrogens is 314 g/mol. The van der Waals surface area contributed by atoms with E-state index in [9.17, 15) is 4.79 Å². The molecule has 0 spiro atoms. The van der Waals surface area contributed by atoms with E-state index in [0.29, 0.717) is 26.3 Å². The lowest BCUT2D eigenvalue weighted by atomic mass is 10.1. The molecule has 5 heteroatoms. The number of morpholine rings is 1. The summed E-state index contributed by atoms with van der Waals surface area (Å²) in [6.45, 7) is 2.49. The molecule has 0 unspecified atom stereocenters. The van der Waals surface area contributed by atoms with Crippen molar-refractivity contribution < 1.29 is 9.53 Å². The van der Waals surface area contributed by atoms with Gasteiger partial charge >= 0.3 is 0 Å². The van der Waals surface area contributed by atoms with Gasteiger partial charge in [-0.2, -0.15) is 5.10 Å². The fourth-order valence-corrected chi connectivity index (χ4v) is 3.04. The number of carbonyl (C=O) groups is 1. The maximum atomic E-state index is 12.4. The van der Waals surface area contributed by atoms with E-state index in [1.165, 1.54) is 0 Å². The van der Waals surface area contributed by atoms with Gasteiger partial charge in [-0.25, -0.2) is 4.52 Å². The van der Waals surface area contributed by atoms with Crippen LogP contribution in [0.4, 0.5) is 0 Å². The van der Waals surface area contributed by atoms with Gasteiger partial charge in [0.2, 0.25) is 5.91 Å². The molecule has 0 bridgehead atoms. The molecule has 3 heterocycles. The molecule has 1 saturated heterocycles.